The largest absolute Gasteiger partial charge is 0.506 e. The van der Waals surface area contributed by atoms with Gasteiger partial charge in [-0.15, -0.1) is 0 Å². The van der Waals surface area contributed by atoms with Crippen LogP contribution in [-0.2, 0) is 9.53 Å². The summed E-state index contributed by atoms with van der Waals surface area (Å²) in [4.78, 5) is 36.6. The summed E-state index contributed by atoms with van der Waals surface area (Å²) in [5.41, 5.74) is -0.580. The average molecular weight is 425 g/mol. The zero-order chi connectivity index (χ0) is 22.8. The maximum atomic E-state index is 12.4. The Morgan fingerprint density at radius 1 is 1.06 bits per heavy atom. The van der Waals surface area contributed by atoms with Gasteiger partial charge in [0.1, 0.15) is 29.2 Å². The van der Waals surface area contributed by atoms with Crippen molar-refractivity contribution >= 4 is 22.8 Å². The third-order valence-corrected chi connectivity index (χ3v) is 4.34. The summed E-state index contributed by atoms with van der Waals surface area (Å²) < 4.78 is 15.5. The summed E-state index contributed by atoms with van der Waals surface area (Å²) in [7, 11) is 1.57. The van der Waals surface area contributed by atoms with Crippen LogP contribution < -0.4 is 15.7 Å². The monoisotopic (exact) mass is 425 g/mol. The van der Waals surface area contributed by atoms with Gasteiger partial charge in [0.05, 0.1) is 12.5 Å². The van der Waals surface area contributed by atoms with Gasteiger partial charge in [-0.25, -0.2) is 4.79 Å². The molecular weight excluding hydrogens is 402 g/mol. The van der Waals surface area contributed by atoms with E-state index in [4.69, 9.17) is 13.9 Å². The number of esters is 1. The SMILES string of the molecule is COc1ccc(-c2ccc3c(O)c(C(=O)NCC(=O)OC(C)(C)C)c(=O)oc3c2)cc1. The maximum Gasteiger partial charge on any atom is 0.353 e. The average Bonchev–Trinajstić information content (AvgIpc) is 2.70. The second kappa shape index (κ2) is 8.51. The summed E-state index contributed by atoms with van der Waals surface area (Å²) in [6.45, 7) is 4.62. The highest BCUT2D eigenvalue weighted by molar-refractivity contribution is 6.02. The molecule has 0 unspecified atom stereocenters. The van der Waals surface area contributed by atoms with E-state index in [0.717, 1.165) is 11.1 Å². The van der Waals surface area contributed by atoms with Crippen molar-refractivity contribution in [3.8, 4) is 22.6 Å². The molecule has 0 saturated carbocycles. The standard InChI is InChI=1S/C23H23NO7/c1-23(2,3)31-18(25)12-24-21(27)19-20(26)16-10-7-14(11-17(16)30-22(19)28)13-5-8-15(29-4)9-6-13/h5-11,26H,12H2,1-4H3,(H,24,27). The van der Waals surface area contributed by atoms with Crippen molar-refractivity contribution in [2.24, 2.45) is 0 Å². The Morgan fingerprint density at radius 2 is 1.71 bits per heavy atom. The van der Waals surface area contributed by atoms with Gasteiger partial charge >= 0.3 is 11.6 Å². The predicted octanol–water partition coefficient (Wildman–Crippen LogP) is 3.25. The molecule has 0 saturated heterocycles. The molecule has 1 heterocycles. The summed E-state index contributed by atoms with van der Waals surface area (Å²) >= 11 is 0. The van der Waals surface area contributed by atoms with E-state index in [1.165, 1.54) is 0 Å². The van der Waals surface area contributed by atoms with Crippen LogP contribution in [0.4, 0.5) is 0 Å². The van der Waals surface area contributed by atoms with Crippen molar-refractivity contribution in [1.29, 1.82) is 0 Å². The van der Waals surface area contributed by atoms with E-state index < -0.39 is 41.0 Å². The van der Waals surface area contributed by atoms with Gasteiger partial charge in [-0.1, -0.05) is 18.2 Å². The highest BCUT2D eigenvalue weighted by atomic mass is 16.6. The van der Waals surface area contributed by atoms with Crippen LogP contribution >= 0.6 is 0 Å². The Balaban J connectivity index is 1.88. The number of carbonyl (C=O) groups is 2. The smallest absolute Gasteiger partial charge is 0.353 e. The van der Waals surface area contributed by atoms with Crippen molar-refractivity contribution in [3.05, 3.63) is 58.4 Å². The first-order valence-electron chi connectivity index (χ1n) is 9.53. The third kappa shape index (κ3) is 5.03. The minimum atomic E-state index is -1.02. The topological polar surface area (TPSA) is 115 Å². The minimum Gasteiger partial charge on any atom is -0.506 e. The second-order valence-electron chi connectivity index (χ2n) is 7.82. The number of aromatic hydroxyl groups is 1. The molecule has 0 atom stereocenters. The molecule has 0 aliphatic rings. The third-order valence-electron chi connectivity index (χ3n) is 4.34. The number of hydrogen-bond donors (Lipinski definition) is 2. The van der Waals surface area contributed by atoms with Gasteiger partial charge in [-0.3, -0.25) is 9.59 Å². The van der Waals surface area contributed by atoms with E-state index in [2.05, 4.69) is 5.32 Å². The van der Waals surface area contributed by atoms with Crippen LogP contribution in [0.2, 0.25) is 0 Å². The van der Waals surface area contributed by atoms with E-state index in [1.54, 1.807) is 58.2 Å². The Kier molecular flexibility index (Phi) is 6.01. The van der Waals surface area contributed by atoms with Crippen LogP contribution in [-0.4, -0.2) is 36.2 Å². The molecular formula is C23H23NO7. The first kappa shape index (κ1) is 21.9. The van der Waals surface area contributed by atoms with Crippen molar-refractivity contribution in [3.63, 3.8) is 0 Å². The molecule has 8 heteroatoms. The summed E-state index contributed by atoms with van der Waals surface area (Å²) in [5.74, 6) is -1.42. The fourth-order valence-electron chi connectivity index (χ4n) is 2.97. The molecule has 1 aromatic heterocycles. The molecule has 2 aromatic carbocycles. The van der Waals surface area contributed by atoms with Gasteiger partial charge in [-0.05, 0) is 56.2 Å². The van der Waals surface area contributed by atoms with Crippen molar-refractivity contribution < 1.29 is 28.6 Å². The van der Waals surface area contributed by atoms with Crippen LogP contribution in [0, 0.1) is 0 Å². The second-order valence-corrected chi connectivity index (χ2v) is 7.82. The molecule has 0 aliphatic carbocycles. The first-order chi connectivity index (χ1) is 14.6. The Labute approximate surface area is 178 Å². The molecule has 3 aromatic rings. The van der Waals surface area contributed by atoms with Crippen molar-refractivity contribution in [2.45, 2.75) is 26.4 Å². The van der Waals surface area contributed by atoms with Gasteiger partial charge in [0.25, 0.3) is 5.91 Å². The lowest BCUT2D eigenvalue weighted by Gasteiger charge is -2.19. The minimum absolute atomic E-state index is 0.125. The normalized spacial score (nSPS) is 11.2. The fourth-order valence-corrected chi connectivity index (χ4v) is 2.97. The number of fused-ring (bicyclic) bond motifs is 1. The molecule has 0 spiro atoms. The predicted molar refractivity (Wildman–Crippen MR) is 114 cm³/mol. The summed E-state index contributed by atoms with van der Waals surface area (Å²) in [6.07, 6.45) is 0. The number of carbonyl (C=O) groups excluding carboxylic acids is 2. The Morgan fingerprint density at radius 3 is 2.32 bits per heavy atom. The van der Waals surface area contributed by atoms with E-state index in [0.29, 0.717) is 5.75 Å². The lowest BCUT2D eigenvalue weighted by molar-refractivity contribution is -0.153. The molecule has 162 valence electrons. The van der Waals surface area contributed by atoms with E-state index in [1.807, 2.05) is 12.1 Å². The van der Waals surface area contributed by atoms with Gasteiger partial charge < -0.3 is 24.3 Å². The molecule has 0 fully saturated rings. The Bertz CT molecular complexity index is 1190. The van der Waals surface area contributed by atoms with Gasteiger partial charge in [0.2, 0.25) is 0 Å². The van der Waals surface area contributed by atoms with Gasteiger partial charge in [0.15, 0.2) is 5.56 Å². The molecule has 8 nitrogen and oxygen atoms in total. The van der Waals surface area contributed by atoms with E-state index in [9.17, 15) is 19.5 Å². The van der Waals surface area contributed by atoms with Crippen molar-refractivity contribution in [2.75, 3.05) is 13.7 Å². The molecule has 3 rings (SSSR count). The highest BCUT2D eigenvalue weighted by Gasteiger charge is 2.23. The van der Waals surface area contributed by atoms with Gasteiger partial charge in [0, 0.05) is 0 Å². The zero-order valence-electron chi connectivity index (χ0n) is 17.6. The number of nitrogens with one attached hydrogen (secondary N) is 1. The highest BCUT2D eigenvalue weighted by Crippen LogP contribution is 2.31. The number of hydrogen-bond acceptors (Lipinski definition) is 7. The molecule has 0 radical (unpaired) electrons. The maximum absolute atomic E-state index is 12.4. The lowest BCUT2D eigenvalue weighted by Crippen LogP contribution is -2.36. The van der Waals surface area contributed by atoms with Crippen LogP contribution in [0.5, 0.6) is 11.5 Å². The van der Waals surface area contributed by atoms with Gasteiger partial charge in [-0.2, -0.15) is 0 Å². The number of rotatable bonds is 5. The molecule has 31 heavy (non-hydrogen) atoms. The van der Waals surface area contributed by atoms with E-state index >= 15 is 0 Å². The molecule has 1 amide bonds. The zero-order valence-corrected chi connectivity index (χ0v) is 17.6. The van der Waals surface area contributed by atoms with Crippen LogP contribution in [0.1, 0.15) is 31.1 Å². The molecule has 2 N–H and O–H groups in total. The van der Waals surface area contributed by atoms with Crippen molar-refractivity contribution in [1.82, 2.24) is 5.32 Å². The number of amides is 1. The molecule has 0 bridgehead atoms. The quantitative estimate of drug-likeness (QED) is 0.476. The van der Waals surface area contributed by atoms with Crippen LogP contribution in [0.3, 0.4) is 0 Å². The lowest BCUT2D eigenvalue weighted by atomic mass is 10.0. The van der Waals surface area contributed by atoms with E-state index in [-0.39, 0.29) is 11.0 Å². The van der Waals surface area contributed by atoms with Crippen LogP contribution in [0.25, 0.3) is 22.1 Å². The summed E-state index contributed by atoms with van der Waals surface area (Å²) in [5, 5.41) is 13.0. The Hall–Kier alpha value is -3.81. The number of benzene rings is 2. The number of ether oxygens (including phenoxy) is 2. The first-order valence-corrected chi connectivity index (χ1v) is 9.53. The number of methoxy groups -OCH3 is 1. The fraction of sp³-hybridized carbons (Fsp3) is 0.261. The molecule has 0 aliphatic heterocycles. The van der Waals surface area contributed by atoms with Crippen LogP contribution in [0.15, 0.2) is 51.7 Å². The summed E-state index contributed by atoms with van der Waals surface area (Å²) in [6, 6.07) is 12.2.